The zero-order chi connectivity index (χ0) is 20.2. The number of fused-ring (bicyclic) bond motifs is 1. The number of nitrogens with zero attached hydrogens (tertiary/aromatic N) is 3. The number of carboxylic acid groups (broad SMARTS) is 1. The zero-order valence-corrected chi connectivity index (χ0v) is 17.1. The van der Waals surface area contributed by atoms with Gasteiger partial charge in [-0.1, -0.05) is 20.3 Å². The van der Waals surface area contributed by atoms with E-state index in [1.165, 1.54) is 18.4 Å². The van der Waals surface area contributed by atoms with Gasteiger partial charge in [-0.3, -0.25) is 10.1 Å². The number of aliphatic carboxylic acids is 1. The Balaban J connectivity index is 2.41. The summed E-state index contributed by atoms with van der Waals surface area (Å²) in [4.78, 5) is 16.1. The Labute approximate surface area is 160 Å². The van der Waals surface area contributed by atoms with Gasteiger partial charge in [0, 0.05) is 20.6 Å². The maximum atomic E-state index is 12.4. The molecule has 0 aliphatic carbocycles. The number of imidazole rings is 1. The minimum atomic E-state index is -3.54. The molecule has 0 aliphatic rings. The van der Waals surface area contributed by atoms with E-state index in [0.717, 1.165) is 24.9 Å². The van der Waals surface area contributed by atoms with Crippen LogP contribution in [0.1, 0.15) is 38.9 Å². The number of benzene rings is 1. The first-order valence-corrected chi connectivity index (χ1v) is 10.5. The highest BCUT2D eigenvalue weighted by Crippen LogP contribution is 2.22. The van der Waals surface area contributed by atoms with E-state index in [2.05, 4.69) is 10.3 Å². The van der Waals surface area contributed by atoms with Crippen LogP contribution in [0, 0.1) is 0 Å². The van der Waals surface area contributed by atoms with Crippen LogP contribution >= 0.6 is 0 Å². The molecule has 1 heterocycles. The quantitative estimate of drug-likeness (QED) is 0.637. The van der Waals surface area contributed by atoms with E-state index in [-0.39, 0.29) is 4.90 Å². The van der Waals surface area contributed by atoms with Gasteiger partial charge < -0.3 is 9.67 Å². The van der Waals surface area contributed by atoms with Crippen LogP contribution in [0.15, 0.2) is 23.1 Å². The van der Waals surface area contributed by atoms with Crippen LogP contribution in [0.25, 0.3) is 11.0 Å². The molecule has 0 fully saturated rings. The summed E-state index contributed by atoms with van der Waals surface area (Å²) in [6.07, 6.45) is 2.18. The van der Waals surface area contributed by atoms with Crippen molar-refractivity contribution in [2.75, 3.05) is 14.1 Å². The van der Waals surface area contributed by atoms with Crippen molar-refractivity contribution in [2.24, 2.45) is 0 Å². The summed E-state index contributed by atoms with van der Waals surface area (Å²) in [5, 5.41) is 12.4. The molecule has 0 amide bonds. The lowest BCUT2D eigenvalue weighted by atomic mass is 10.2. The van der Waals surface area contributed by atoms with Crippen molar-refractivity contribution in [3.63, 3.8) is 0 Å². The molecule has 2 rings (SSSR count). The number of aryl methyl sites for hydroxylation is 1. The third-order valence-corrected chi connectivity index (χ3v) is 6.22. The minimum absolute atomic E-state index is 0.190. The maximum absolute atomic E-state index is 12.4. The molecule has 1 atom stereocenters. The standard InChI is InChI=1S/C18H28N4O4S/c1-5-7-14(18(23)24)19-12-17-20-15-11-13(27(25,26)21(3)4)8-9-16(15)22(17)10-6-2/h8-9,11,14,19H,5-7,10,12H2,1-4H3,(H,23,24). The highest BCUT2D eigenvalue weighted by Gasteiger charge is 2.21. The Kier molecular flexibility index (Phi) is 6.96. The number of aromatic nitrogens is 2. The monoisotopic (exact) mass is 396 g/mol. The molecule has 0 saturated carbocycles. The van der Waals surface area contributed by atoms with Gasteiger partial charge in [-0.25, -0.2) is 17.7 Å². The van der Waals surface area contributed by atoms with Crippen LogP contribution in [0.4, 0.5) is 0 Å². The predicted molar refractivity (Wildman–Crippen MR) is 104 cm³/mol. The average molecular weight is 397 g/mol. The Bertz CT molecular complexity index is 905. The van der Waals surface area contributed by atoms with E-state index >= 15 is 0 Å². The summed E-state index contributed by atoms with van der Waals surface area (Å²) in [5.41, 5.74) is 1.43. The lowest BCUT2D eigenvalue weighted by Gasteiger charge is -2.14. The molecule has 150 valence electrons. The highest BCUT2D eigenvalue weighted by atomic mass is 32.2. The summed E-state index contributed by atoms with van der Waals surface area (Å²) in [6.45, 7) is 5.02. The van der Waals surface area contributed by atoms with Crippen molar-refractivity contribution in [3.8, 4) is 0 Å². The maximum Gasteiger partial charge on any atom is 0.320 e. The molecule has 0 radical (unpaired) electrons. The van der Waals surface area contributed by atoms with Crippen LogP contribution < -0.4 is 5.32 Å². The predicted octanol–water partition coefficient (Wildman–Crippen LogP) is 2.04. The average Bonchev–Trinajstić information content (AvgIpc) is 2.95. The van der Waals surface area contributed by atoms with Gasteiger partial charge in [-0.05, 0) is 31.0 Å². The van der Waals surface area contributed by atoms with E-state index < -0.39 is 22.0 Å². The van der Waals surface area contributed by atoms with Gasteiger partial charge >= 0.3 is 5.97 Å². The topological polar surface area (TPSA) is 105 Å². The van der Waals surface area contributed by atoms with E-state index in [1.54, 1.807) is 18.2 Å². The minimum Gasteiger partial charge on any atom is -0.480 e. The fourth-order valence-corrected chi connectivity index (χ4v) is 3.88. The molecule has 2 N–H and O–H groups in total. The number of hydrogen-bond acceptors (Lipinski definition) is 5. The molecule has 0 aliphatic heterocycles. The van der Waals surface area contributed by atoms with Gasteiger partial charge in [0.25, 0.3) is 0 Å². The van der Waals surface area contributed by atoms with Gasteiger partial charge in [0.15, 0.2) is 0 Å². The normalized spacial score (nSPS) is 13.4. The highest BCUT2D eigenvalue weighted by molar-refractivity contribution is 7.89. The van der Waals surface area contributed by atoms with Crippen molar-refractivity contribution in [3.05, 3.63) is 24.0 Å². The Morgan fingerprint density at radius 1 is 1.30 bits per heavy atom. The summed E-state index contributed by atoms with van der Waals surface area (Å²) >= 11 is 0. The third kappa shape index (κ3) is 4.66. The Morgan fingerprint density at radius 2 is 2.00 bits per heavy atom. The molecule has 0 bridgehead atoms. The van der Waals surface area contributed by atoms with Crippen LogP contribution in [0.5, 0.6) is 0 Å². The first-order valence-electron chi connectivity index (χ1n) is 9.10. The molecule has 2 aromatic rings. The summed E-state index contributed by atoms with van der Waals surface area (Å²) in [6, 6.07) is 4.29. The van der Waals surface area contributed by atoms with Gasteiger partial charge in [0.2, 0.25) is 10.0 Å². The molecule has 1 aromatic carbocycles. The van der Waals surface area contributed by atoms with E-state index in [9.17, 15) is 18.3 Å². The second-order valence-electron chi connectivity index (χ2n) is 6.68. The van der Waals surface area contributed by atoms with Crippen molar-refractivity contribution in [1.82, 2.24) is 19.2 Å². The van der Waals surface area contributed by atoms with Crippen molar-refractivity contribution >= 4 is 27.0 Å². The molecule has 0 saturated heterocycles. The third-order valence-electron chi connectivity index (χ3n) is 4.41. The second-order valence-corrected chi connectivity index (χ2v) is 8.83. The largest absolute Gasteiger partial charge is 0.480 e. The molecular formula is C18H28N4O4S. The summed E-state index contributed by atoms with van der Waals surface area (Å²) in [5.74, 6) is -0.178. The van der Waals surface area contributed by atoms with Gasteiger partial charge in [-0.2, -0.15) is 0 Å². The van der Waals surface area contributed by atoms with Gasteiger partial charge in [0.1, 0.15) is 11.9 Å². The summed E-state index contributed by atoms with van der Waals surface area (Å²) in [7, 11) is -0.557. The summed E-state index contributed by atoms with van der Waals surface area (Å²) < 4.78 is 27.9. The first-order chi connectivity index (χ1) is 12.7. The number of carboxylic acids is 1. The number of rotatable bonds is 10. The van der Waals surface area contributed by atoms with Gasteiger partial charge in [-0.15, -0.1) is 0 Å². The number of sulfonamides is 1. The van der Waals surface area contributed by atoms with Crippen molar-refractivity contribution < 1.29 is 18.3 Å². The molecule has 1 aromatic heterocycles. The second kappa shape index (κ2) is 8.81. The van der Waals surface area contributed by atoms with Crippen LogP contribution in [-0.2, 0) is 27.9 Å². The smallest absolute Gasteiger partial charge is 0.320 e. The van der Waals surface area contributed by atoms with Crippen molar-refractivity contribution in [2.45, 2.75) is 57.1 Å². The van der Waals surface area contributed by atoms with Crippen molar-refractivity contribution in [1.29, 1.82) is 0 Å². The number of hydrogen-bond donors (Lipinski definition) is 2. The lowest BCUT2D eigenvalue weighted by molar-refractivity contribution is -0.139. The first kappa shape index (κ1) is 21.3. The molecule has 1 unspecified atom stereocenters. The van der Waals surface area contributed by atoms with E-state index in [4.69, 9.17) is 0 Å². The molecule has 8 nitrogen and oxygen atoms in total. The fraction of sp³-hybridized carbons (Fsp3) is 0.556. The molecule has 0 spiro atoms. The van der Waals surface area contributed by atoms with Crippen LogP contribution in [-0.4, -0.2) is 53.5 Å². The fourth-order valence-electron chi connectivity index (χ4n) is 2.95. The Hall–Kier alpha value is -1.97. The van der Waals surface area contributed by atoms with Crippen LogP contribution in [0.3, 0.4) is 0 Å². The molecule has 27 heavy (non-hydrogen) atoms. The van der Waals surface area contributed by atoms with Crippen LogP contribution in [0.2, 0.25) is 0 Å². The zero-order valence-electron chi connectivity index (χ0n) is 16.3. The molecule has 9 heteroatoms. The van der Waals surface area contributed by atoms with E-state index in [0.29, 0.717) is 24.3 Å². The molecular weight excluding hydrogens is 368 g/mol. The SMILES string of the molecule is CCCC(NCc1nc2cc(S(=O)(=O)N(C)C)ccc2n1CCC)C(=O)O. The lowest BCUT2D eigenvalue weighted by Crippen LogP contribution is -2.36. The van der Waals surface area contributed by atoms with E-state index in [1.807, 2.05) is 18.4 Å². The Morgan fingerprint density at radius 3 is 2.56 bits per heavy atom. The van der Waals surface area contributed by atoms with Gasteiger partial charge in [0.05, 0.1) is 22.5 Å². The number of carbonyl (C=O) groups is 1. The number of nitrogens with one attached hydrogen (secondary N) is 1.